The Morgan fingerprint density at radius 2 is 1.95 bits per heavy atom. The number of rotatable bonds is 6. The number of nitriles is 1. The number of ether oxygens (including phenoxy) is 1. The Morgan fingerprint density at radius 3 is 2.64 bits per heavy atom. The van der Waals surface area contributed by atoms with Gasteiger partial charge >= 0.3 is 6.09 Å². The third-order valence-electron chi connectivity index (χ3n) is 7.34. The number of carbonyl (C=O) groups excluding carboxylic acids is 2. The minimum absolute atomic E-state index is 0.00484. The molecule has 2 heterocycles. The summed E-state index contributed by atoms with van der Waals surface area (Å²) in [5.41, 5.74) is 1.95. The van der Waals surface area contributed by atoms with Gasteiger partial charge in [-0.15, -0.1) is 0 Å². The van der Waals surface area contributed by atoms with E-state index in [1.807, 2.05) is 36.5 Å². The van der Waals surface area contributed by atoms with Crippen LogP contribution in [0.3, 0.4) is 0 Å². The molecule has 9 heteroatoms. The van der Waals surface area contributed by atoms with Gasteiger partial charge in [-0.25, -0.2) is 13.9 Å². The second-order valence-corrected chi connectivity index (χ2v) is 11.3. The summed E-state index contributed by atoms with van der Waals surface area (Å²) in [4.78, 5) is 27.7. The summed E-state index contributed by atoms with van der Waals surface area (Å²) < 4.78 is 22.4. The van der Waals surface area contributed by atoms with Crippen LogP contribution >= 0.6 is 0 Å². The number of nitrogens with zero attached hydrogens (tertiary/aromatic N) is 4. The molecule has 1 saturated carbocycles. The number of benzene rings is 2. The van der Waals surface area contributed by atoms with Gasteiger partial charge in [0.25, 0.3) is 0 Å². The van der Waals surface area contributed by atoms with E-state index in [1.54, 1.807) is 43.8 Å². The fourth-order valence-corrected chi connectivity index (χ4v) is 5.60. The number of hydrogen-bond donors (Lipinski definition) is 1. The summed E-state index contributed by atoms with van der Waals surface area (Å²) in [5.74, 6) is -0.843. The van der Waals surface area contributed by atoms with Crippen molar-refractivity contribution < 1.29 is 18.7 Å². The Hall–Kier alpha value is -4.19. The molecule has 8 nitrogen and oxygen atoms in total. The van der Waals surface area contributed by atoms with Gasteiger partial charge in [0.15, 0.2) is 0 Å². The average Bonchev–Trinajstić information content (AvgIpc) is 3.65. The summed E-state index contributed by atoms with van der Waals surface area (Å²) in [7, 11) is 0. The highest BCUT2D eigenvalue weighted by Crippen LogP contribution is 2.43. The Balaban J connectivity index is 1.26. The van der Waals surface area contributed by atoms with Gasteiger partial charge in [-0.3, -0.25) is 9.69 Å². The molecule has 1 N–H and O–H groups in total. The predicted molar refractivity (Wildman–Crippen MR) is 143 cm³/mol. The molecule has 202 valence electrons. The summed E-state index contributed by atoms with van der Waals surface area (Å²) in [6.07, 6.45) is 5.41. The molecule has 1 aromatic heterocycles. The van der Waals surface area contributed by atoms with Crippen LogP contribution in [0.15, 0.2) is 60.9 Å². The molecule has 0 radical (unpaired) electrons. The second kappa shape index (κ2) is 10.5. The average molecular weight is 530 g/mol. The molecule has 1 aliphatic heterocycles. The van der Waals surface area contributed by atoms with E-state index in [4.69, 9.17) is 4.74 Å². The van der Waals surface area contributed by atoms with Crippen molar-refractivity contribution >= 4 is 12.0 Å². The maximum absolute atomic E-state index is 15.1. The molecule has 2 fully saturated rings. The molecule has 3 aromatic rings. The fourth-order valence-electron chi connectivity index (χ4n) is 5.60. The molecule has 0 spiro atoms. The lowest BCUT2D eigenvalue weighted by Crippen LogP contribution is -2.55. The number of aromatic nitrogens is 2. The van der Waals surface area contributed by atoms with Crippen molar-refractivity contribution in [3.63, 3.8) is 0 Å². The van der Waals surface area contributed by atoms with Crippen LogP contribution in [0.4, 0.5) is 9.18 Å². The highest BCUT2D eigenvalue weighted by Gasteiger charge is 2.52. The Bertz CT molecular complexity index is 1410. The Kier molecular flexibility index (Phi) is 7.13. The van der Waals surface area contributed by atoms with Crippen LogP contribution in [-0.4, -0.2) is 50.4 Å². The van der Waals surface area contributed by atoms with E-state index in [2.05, 4.69) is 16.5 Å². The van der Waals surface area contributed by atoms with Gasteiger partial charge in [-0.05, 0) is 75.3 Å². The zero-order valence-corrected chi connectivity index (χ0v) is 22.3. The fraction of sp³-hybridized carbons (Fsp3) is 0.400. The van der Waals surface area contributed by atoms with Crippen molar-refractivity contribution in [3.05, 3.63) is 72.3 Å². The molecule has 2 amide bonds. The molecule has 1 aliphatic carbocycles. The number of carbonyl (C=O) groups is 2. The summed E-state index contributed by atoms with van der Waals surface area (Å²) >= 11 is 0. The van der Waals surface area contributed by atoms with E-state index in [9.17, 15) is 14.9 Å². The van der Waals surface area contributed by atoms with E-state index in [0.717, 1.165) is 30.5 Å². The maximum atomic E-state index is 15.1. The van der Waals surface area contributed by atoms with E-state index >= 15 is 4.39 Å². The third kappa shape index (κ3) is 5.65. The van der Waals surface area contributed by atoms with Crippen LogP contribution in [0.25, 0.3) is 16.8 Å². The molecule has 2 aliphatic rings. The quantitative estimate of drug-likeness (QED) is 0.484. The van der Waals surface area contributed by atoms with Gasteiger partial charge in [0, 0.05) is 24.2 Å². The minimum Gasteiger partial charge on any atom is -0.444 e. The molecule has 39 heavy (non-hydrogen) atoms. The monoisotopic (exact) mass is 529 g/mol. The van der Waals surface area contributed by atoms with Gasteiger partial charge in [-0.2, -0.15) is 10.4 Å². The van der Waals surface area contributed by atoms with Gasteiger partial charge in [-0.1, -0.05) is 30.3 Å². The largest absolute Gasteiger partial charge is 0.444 e. The van der Waals surface area contributed by atoms with Gasteiger partial charge in [0.1, 0.15) is 23.5 Å². The first kappa shape index (κ1) is 26.4. The maximum Gasteiger partial charge on any atom is 0.411 e. The summed E-state index contributed by atoms with van der Waals surface area (Å²) in [5, 5.41) is 16.9. The van der Waals surface area contributed by atoms with Crippen LogP contribution in [0.2, 0.25) is 0 Å². The smallest absolute Gasteiger partial charge is 0.411 e. The first-order valence-corrected chi connectivity index (χ1v) is 13.2. The number of likely N-dealkylation sites (tertiary alicyclic amines) is 1. The first-order valence-electron chi connectivity index (χ1n) is 13.2. The van der Waals surface area contributed by atoms with Crippen LogP contribution in [0.1, 0.15) is 45.6 Å². The highest BCUT2D eigenvalue weighted by atomic mass is 19.1. The zero-order chi connectivity index (χ0) is 27.7. The molecule has 4 atom stereocenters. The Labute approximate surface area is 227 Å². The molecule has 1 saturated heterocycles. The lowest BCUT2D eigenvalue weighted by Gasteiger charge is -2.35. The van der Waals surface area contributed by atoms with Crippen molar-refractivity contribution in [2.24, 2.45) is 5.92 Å². The van der Waals surface area contributed by atoms with Crippen LogP contribution in [0.5, 0.6) is 0 Å². The molecule has 3 unspecified atom stereocenters. The van der Waals surface area contributed by atoms with Crippen molar-refractivity contribution in [1.82, 2.24) is 20.0 Å². The SMILES string of the molecule is CC(C)(C)OC(=O)N1C2CCC(C2)C1C(=O)N[C@H](C#N)Cc1ccc(-c2cnn(-c3ccccc3)c2)cc1F. The molecular weight excluding hydrogens is 497 g/mol. The van der Waals surface area contributed by atoms with E-state index in [0.29, 0.717) is 11.1 Å². The van der Waals surface area contributed by atoms with Crippen LogP contribution in [-0.2, 0) is 16.0 Å². The van der Waals surface area contributed by atoms with E-state index in [-0.39, 0.29) is 18.4 Å². The normalized spacial score (nSPS) is 20.9. The molecular formula is C30H32FN5O3. The van der Waals surface area contributed by atoms with Crippen LogP contribution in [0, 0.1) is 23.1 Å². The van der Waals surface area contributed by atoms with Crippen LogP contribution < -0.4 is 5.32 Å². The van der Waals surface area contributed by atoms with Gasteiger partial charge in [0.2, 0.25) is 5.91 Å². The number of halogens is 1. The number of piperidine rings is 1. The van der Waals surface area contributed by atoms with Crippen molar-refractivity contribution in [2.45, 2.75) is 70.2 Å². The minimum atomic E-state index is -0.946. The molecule has 2 aromatic carbocycles. The van der Waals surface area contributed by atoms with Crippen molar-refractivity contribution in [2.75, 3.05) is 0 Å². The lowest BCUT2D eigenvalue weighted by atomic mass is 9.97. The molecule has 2 bridgehead atoms. The molecule has 5 rings (SSSR count). The first-order chi connectivity index (χ1) is 18.6. The Morgan fingerprint density at radius 1 is 1.18 bits per heavy atom. The number of nitrogens with one attached hydrogen (secondary N) is 1. The van der Waals surface area contributed by atoms with E-state index in [1.165, 1.54) is 11.0 Å². The topological polar surface area (TPSA) is 100 Å². The number of fused-ring (bicyclic) bond motifs is 2. The van der Waals surface area contributed by atoms with Gasteiger partial charge in [0.05, 0.1) is 18.0 Å². The highest BCUT2D eigenvalue weighted by molar-refractivity contribution is 5.87. The van der Waals surface area contributed by atoms with Crippen molar-refractivity contribution in [1.29, 1.82) is 5.26 Å². The zero-order valence-electron chi connectivity index (χ0n) is 22.3. The summed E-state index contributed by atoms with van der Waals surface area (Å²) in [6.45, 7) is 5.36. The standard InChI is InChI=1S/C30H32FN5O3/c1-30(2,3)39-29(38)36-25-12-11-21(14-25)27(36)28(37)34-23(16-32)13-20-10-9-19(15-26(20)31)22-17-33-35(18-22)24-7-5-4-6-8-24/h4-10,15,17-18,21,23,25,27H,11-14H2,1-3H3,(H,34,37)/t21?,23-,25?,27?/m0/s1. The number of amides is 2. The number of para-hydroxylation sites is 1. The van der Waals surface area contributed by atoms with Gasteiger partial charge < -0.3 is 10.1 Å². The third-order valence-corrected chi connectivity index (χ3v) is 7.34. The predicted octanol–water partition coefficient (Wildman–Crippen LogP) is 5.02. The summed E-state index contributed by atoms with van der Waals surface area (Å²) in [6, 6.07) is 14.8. The second-order valence-electron chi connectivity index (χ2n) is 11.3. The number of hydrogen-bond acceptors (Lipinski definition) is 5. The van der Waals surface area contributed by atoms with E-state index < -0.39 is 35.5 Å². The van der Waals surface area contributed by atoms with Crippen molar-refractivity contribution in [3.8, 4) is 22.9 Å². The lowest BCUT2D eigenvalue weighted by molar-refractivity contribution is -0.128.